The lowest BCUT2D eigenvalue weighted by Crippen LogP contribution is -1.95. The van der Waals surface area contributed by atoms with Crippen LogP contribution < -0.4 is 0 Å². The van der Waals surface area contributed by atoms with Gasteiger partial charge in [0, 0.05) is 40.2 Å². The second-order valence-corrected chi connectivity index (χ2v) is 8.13. The van der Waals surface area contributed by atoms with Crippen molar-refractivity contribution in [1.29, 1.82) is 0 Å². The third-order valence-electron chi connectivity index (χ3n) is 5.62. The highest BCUT2D eigenvalue weighted by atomic mass is 15.1. The van der Waals surface area contributed by atoms with Gasteiger partial charge in [-0.2, -0.15) is 0 Å². The van der Waals surface area contributed by atoms with E-state index in [4.69, 9.17) is 4.98 Å². The Labute approximate surface area is 192 Å². The molecule has 0 atom stereocenters. The SMILES string of the molecule is Cc1cc(C)n2cc(CCc3ccc4ccccc4n3)nc2n1.c1ccc2ncccc2c1. The Balaban J connectivity index is 0.000000190. The molecule has 2 aromatic carbocycles. The summed E-state index contributed by atoms with van der Waals surface area (Å²) >= 11 is 0. The summed E-state index contributed by atoms with van der Waals surface area (Å²) in [4.78, 5) is 18.0. The van der Waals surface area contributed by atoms with Crippen molar-refractivity contribution in [3.05, 3.63) is 114 Å². The van der Waals surface area contributed by atoms with E-state index in [1.54, 1.807) is 0 Å². The van der Waals surface area contributed by atoms with Crippen LogP contribution in [0.1, 0.15) is 22.8 Å². The van der Waals surface area contributed by atoms with Gasteiger partial charge in [0.05, 0.1) is 16.7 Å². The number of rotatable bonds is 3. The van der Waals surface area contributed by atoms with Gasteiger partial charge in [-0.1, -0.05) is 48.5 Å². The normalized spacial score (nSPS) is 11.0. The number of nitrogens with zero attached hydrogens (tertiary/aromatic N) is 5. The number of aromatic nitrogens is 5. The van der Waals surface area contributed by atoms with Gasteiger partial charge < -0.3 is 0 Å². The highest BCUT2D eigenvalue weighted by molar-refractivity contribution is 5.78. The Bertz CT molecular complexity index is 1490. The smallest absolute Gasteiger partial charge is 0.234 e. The Morgan fingerprint density at radius 1 is 0.667 bits per heavy atom. The number of fused-ring (bicyclic) bond motifs is 3. The fourth-order valence-corrected chi connectivity index (χ4v) is 3.96. The van der Waals surface area contributed by atoms with Gasteiger partial charge in [-0.05, 0) is 57.0 Å². The Hall–Kier alpha value is -4.12. The van der Waals surface area contributed by atoms with Gasteiger partial charge in [0.1, 0.15) is 0 Å². The van der Waals surface area contributed by atoms with Crippen LogP contribution in [0.15, 0.2) is 91.3 Å². The first-order chi connectivity index (χ1) is 16.2. The predicted octanol–water partition coefficient (Wildman–Crippen LogP) is 5.91. The average Bonchev–Trinajstić information content (AvgIpc) is 3.26. The fourth-order valence-electron chi connectivity index (χ4n) is 3.96. The van der Waals surface area contributed by atoms with Crippen molar-refractivity contribution in [2.75, 3.05) is 0 Å². The van der Waals surface area contributed by atoms with Crippen molar-refractivity contribution in [3.8, 4) is 0 Å². The van der Waals surface area contributed by atoms with Crippen LogP contribution in [0.5, 0.6) is 0 Å². The van der Waals surface area contributed by atoms with Gasteiger partial charge in [-0.3, -0.25) is 14.4 Å². The van der Waals surface area contributed by atoms with Crippen LogP contribution in [0.4, 0.5) is 0 Å². The van der Waals surface area contributed by atoms with Crippen LogP contribution in [0, 0.1) is 13.8 Å². The van der Waals surface area contributed by atoms with Crippen molar-refractivity contribution in [1.82, 2.24) is 24.3 Å². The van der Waals surface area contributed by atoms with Crippen molar-refractivity contribution in [2.45, 2.75) is 26.7 Å². The van der Waals surface area contributed by atoms with E-state index in [0.717, 1.165) is 52.4 Å². The summed E-state index contributed by atoms with van der Waals surface area (Å²) in [5.74, 6) is 0.781. The fraction of sp³-hybridized carbons (Fsp3) is 0.143. The lowest BCUT2D eigenvalue weighted by Gasteiger charge is -2.01. The molecule has 5 nitrogen and oxygen atoms in total. The van der Waals surface area contributed by atoms with Gasteiger partial charge in [-0.15, -0.1) is 0 Å². The molecule has 0 aliphatic heterocycles. The minimum Gasteiger partial charge on any atom is -0.288 e. The second-order valence-electron chi connectivity index (χ2n) is 8.13. The van der Waals surface area contributed by atoms with E-state index in [-0.39, 0.29) is 0 Å². The molecule has 33 heavy (non-hydrogen) atoms. The van der Waals surface area contributed by atoms with E-state index in [0.29, 0.717) is 0 Å². The standard InChI is InChI=1S/C19H18N4.C9H7N/c1-13-11-14(2)23-12-17(22-19(23)20-13)10-9-16-8-7-15-5-3-4-6-18(15)21-16;1-2-6-9-8(4-1)5-3-7-10-9/h3-8,11-12H,9-10H2,1-2H3;1-7H. The molecule has 0 N–H and O–H groups in total. The third-order valence-corrected chi connectivity index (χ3v) is 5.62. The molecule has 0 radical (unpaired) electrons. The molecule has 5 heteroatoms. The summed E-state index contributed by atoms with van der Waals surface area (Å²) in [6.45, 7) is 4.08. The Kier molecular flexibility index (Phi) is 5.77. The van der Waals surface area contributed by atoms with Crippen molar-refractivity contribution >= 4 is 27.6 Å². The molecule has 6 rings (SSSR count). The molecule has 4 aromatic heterocycles. The molecule has 0 bridgehead atoms. The van der Waals surface area contributed by atoms with E-state index in [9.17, 15) is 0 Å². The molecule has 0 fully saturated rings. The van der Waals surface area contributed by atoms with E-state index >= 15 is 0 Å². The lowest BCUT2D eigenvalue weighted by molar-refractivity contribution is 0.896. The van der Waals surface area contributed by atoms with Crippen LogP contribution in [-0.4, -0.2) is 24.3 Å². The maximum absolute atomic E-state index is 4.73. The van der Waals surface area contributed by atoms with E-state index < -0.39 is 0 Å². The Morgan fingerprint density at radius 3 is 2.18 bits per heavy atom. The minimum absolute atomic E-state index is 0.781. The number of hydrogen-bond donors (Lipinski definition) is 0. The summed E-state index contributed by atoms with van der Waals surface area (Å²) in [6, 6.07) is 26.6. The first kappa shape index (κ1) is 20.8. The highest BCUT2D eigenvalue weighted by Crippen LogP contribution is 2.14. The number of imidazole rings is 1. The van der Waals surface area contributed by atoms with Crippen LogP contribution in [-0.2, 0) is 12.8 Å². The average molecular weight is 432 g/mol. The number of pyridine rings is 2. The molecular weight excluding hydrogens is 406 g/mol. The summed E-state index contributed by atoms with van der Waals surface area (Å²) in [5, 5.41) is 2.38. The van der Waals surface area contributed by atoms with Crippen molar-refractivity contribution in [2.24, 2.45) is 0 Å². The van der Waals surface area contributed by atoms with Crippen LogP contribution >= 0.6 is 0 Å². The first-order valence-corrected chi connectivity index (χ1v) is 11.1. The molecule has 0 saturated heterocycles. The van der Waals surface area contributed by atoms with Gasteiger partial charge >= 0.3 is 0 Å². The van der Waals surface area contributed by atoms with Crippen LogP contribution in [0.2, 0.25) is 0 Å². The molecule has 162 valence electrons. The molecule has 0 saturated carbocycles. The molecule has 4 heterocycles. The third kappa shape index (κ3) is 4.72. The number of benzene rings is 2. The summed E-state index contributed by atoms with van der Waals surface area (Å²) in [5.41, 5.74) is 6.43. The largest absolute Gasteiger partial charge is 0.288 e. The summed E-state index contributed by atoms with van der Waals surface area (Å²) < 4.78 is 2.05. The van der Waals surface area contributed by atoms with E-state index in [1.807, 2.05) is 49.5 Å². The second kappa shape index (κ2) is 9.17. The number of aryl methyl sites for hydroxylation is 4. The highest BCUT2D eigenvalue weighted by Gasteiger charge is 2.07. The van der Waals surface area contributed by atoms with Crippen molar-refractivity contribution in [3.63, 3.8) is 0 Å². The maximum Gasteiger partial charge on any atom is 0.234 e. The maximum atomic E-state index is 4.73. The lowest BCUT2D eigenvalue weighted by atomic mass is 10.1. The van der Waals surface area contributed by atoms with Gasteiger partial charge in [0.25, 0.3) is 0 Å². The molecule has 6 aromatic rings. The zero-order chi connectivity index (χ0) is 22.6. The Morgan fingerprint density at radius 2 is 1.36 bits per heavy atom. The van der Waals surface area contributed by atoms with E-state index in [2.05, 4.69) is 74.9 Å². The quantitative estimate of drug-likeness (QED) is 0.349. The minimum atomic E-state index is 0.781. The first-order valence-electron chi connectivity index (χ1n) is 11.1. The monoisotopic (exact) mass is 431 g/mol. The summed E-state index contributed by atoms with van der Waals surface area (Å²) in [6.07, 6.45) is 5.64. The predicted molar refractivity (Wildman–Crippen MR) is 133 cm³/mol. The summed E-state index contributed by atoms with van der Waals surface area (Å²) in [7, 11) is 0. The van der Waals surface area contributed by atoms with Crippen LogP contribution in [0.3, 0.4) is 0 Å². The zero-order valence-corrected chi connectivity index (χ0v) is 18.8. The number of para-hydroxylation sites is 2. The van der Waals surface area contributed by atoms with Crippen molar-refractivity contribution < 1.29 is 0 Å². The number of hydrogen-bond acceptors (Lipinski definition) is 4. The molecule has 0 aliphatic rings. The molecule has 0 unspecified atom stereocenters. The van der Waals surface area contributed by atoms with E-state index in [1.165, 1.54) is 10.8 Å². The molecule has 0 spiro atoms. The molecule has 0 amide bonds. The van der Waals surface area contributed by atoms with Gasteiger partial charge in [0.15, 0.2) is 0 Å². The van der Waals surface area contributed by atoms with Gasteiger partial charge in [0.2, 0.25) is 5.78 Å². The molecular formula is C28H25N5. The zero-order valence-electron chi connectivity index (χ0n) is 18.8. The topological polar surface area (TPSA) is 56.0 Å². The molecule has 0 aliphatic carbocycles. The van der Waals surface area contributed by atoms with Crippen LogP contribution in [0.25, 0.3) is 27.6 Å². The van der Waals surface area contributed by atoms with Gasteiger partial charge in [-0.25, -0.2) is 9.97 Å².